The van der Waals surface area contributed by atoms with Crippen molar-refractivity contribution in [3.05, 3.63) is 24.3 Å². The van der Waals surface area contributed by atoms with Crippen LogP contribution in [0.5, 0.6) is 0 Å². The number of hydrogen-bond acceptors (Lipinski definition) is 0. The Morgan fingerprint density at radius 3 is 1.38 bits per heavy atom. The molecule has 1 aromatic carbocycles. The first-order chi connectivity index (χ1) is 7.35. The Morgan fingerprint density at radius 2 is 1.12 bits per heavy atom. The van der Waals surface area contributed by atoms with Crippen molar-refractivity contribution in [1.29, 1.82) is 0 Å². The van der Waals surface area contributed by atoms with Crippen molar-refractivity contribution < 1.29 is 0 Å². The van der Waals surface area contributed by atoms with E-state index in [2.05, 4.69) is 0 Å². The average molecular weight is 304 g/mol. The Kier molecular flexibility index (Phi) is 4.76. The number of para-hydroxylation sites is 2. The van der Waals surface area contributed by atoms with Gasteiger partial charge in [-0.2, -0.15) is 0 Å². The van der Waals surface area contributed by atoms with Crippen molar-refractivity contribution >= 4 is 58.5 Å². The molecule has 0 saturated carbocycles. The fourth-order valence-corrected chi connectivity index (χ4v) is 1.93. The summed E-state index contributed by atoms with van der Waals surface area (Å²) < 4.78 is -0.564. The fraction of sp³-hybridized carbons (Fsp3) is 0.400. The molecule has 0 heterocycles. The molecule has 0 spiro atoms. The summed E-state index contributed by atoms with van der Waals surface area (Å²) in [5.41, 5.74) is 1.39. The highest BCUT2D eigenvalue weighted by Crippen LogP contribution is 2.43. The van der Waals surface area contributed by atoms with E-state index >= 15 is 0 Å². The number of hydrogen-bond donors (Lipinski definition) is 0. The molecule has 0 radical (unpaired) electrons. The number of halogens is 4. The fourth-order valence-electron chi connectivity index (χ4n) is 1.36. The van der Waals surface area contributed by atoms with E-state index in [1.807, 2.05) is 38.1 Å². The van der Waals surface area contributed by atoms with Crippen LogP contribution in [0.25, 0.3) is 0 Å². The van der Waals surface area contributed by atoms with Crippen molar-refractivity contribution in [3.8, 4) is 0 Å². The lowest BCUT2D eigenvalue weighted by Crippen LogP contribution is -2.33. The van der Waals surface area contributed by atoms with Crippen LogP contribution in [0.4, 0.5) is 11.4 Å². The molecule has 0 amide bonds. The summed E-state index contributed by atoms with van der Waals surface area (Å²) >= 11 is 24.8. The van der Waals surface area contributed by atoms with Gasteiger partial charge in [0, 0.05) is 12.1 Å². The van der Waals surface area contributed by atoms with Crippen molar-refractivity contribution in [1.82, 2.24) is 7.04 Å². The van der Waals surface area contributed by atoms with Gasteiger partial charge in [-0.3, -0.25) is 0 Å². The predicted octanol–water partition coefficient (Wildman–Crippen LogP) is 4.96. The number of nitrogens with zero attached hydrogens (tertiary/aromatic N) is 2. The van der Waals surface area contributed by atoms with Gasteiger partial charge in [0.05, 0.1) is 0 Å². The van der Waals surface area contributed by atoms with Crippen LogP contribution in [0.1, 0.15) is 13.8 Å². The lowest BCUT2D eigenvalue weighted by molar-refractivity contribution is 0.667. The highest BCUT2D eigenvalue weighted by atomic mass is 35.5. The minimum atomic E-state index is -0.282. The molecule has 0 saturated heterocycles. The number of rotatable bonds is 4. The van der Waals surface area contributed by atoms with Crippen LogP contribution in [0.2, 0.25) is 0 Å². The van der Waals surface area contributed by atoms with Crippen LogP contribution in [0.15, 0.2) is 24.3 Å². The smallest absolute Gasteiger partial charge is 0.0861 e. The van der Waals surface area contributed by atoms with E-state index in [0.29, 0.717) is 24.5 Å². The first-order valence-electron chi connectivity index (χ1n) is 5.00. The summed E-state index contributed by atoms with van der Waals surface area (Å²) in [5.74, 6) is 0. The molecule has 1 rings (SSSR count). The third-order valence-corrected chi connectivity index (χ3v) is 4.07. The summed E-state index contributed by atoms with van der Waals surface area (Å²) in [6.07, 6.45) is 0. The lowest BCUT2D eigenvalue weighted by atomic mass is 10.2. The van der Waals surface area contributed by atoms with E-state index in [4.69, 9.17) is 47.1 Å². The van der Waals surface area contributed by atoms with Crippen LogP contribution in [-0.2, 0) is 0 Å². The first kappa shape index (κ1) is 14.4. The summed E-state index contributed by atoms with van der Waals surface area (Å²) in [5, 5.41) is 0. The van der Waals surface area contributed by atoms with Crippen LogP contribution in [0.3, 0.4) is 0 Å². The average Bonchev–Trinajstić information content (AvgIpc) is 2.29. The Balaban J connectivity index is 3.31. The van der Waals surface area contributed by atoms with Gasteiger partial charge in [0.2, 0.25) is 11.4 Å². The molecule has 1 aromatic rings. The second-order valence-corrected chi connectivity index (χ2v) is 6.04. The Bertz CT molecular complexity index is 331. The maximum Gasteiger partial charge on any atom is 0.233 e. The standard InChI is InChI=1S/C10H14Cl4N2/c1-3-15(11,12)9-7-5-6-8-10(9)16(13,14)4-2/h5-8H,3-4H2,1-2H3/q+2. The third kappa shape index (κ3) is 2.95. The normalized spacial score (nSPS) is 12.9. The van der Waals surface area contributed by atoms with Gasteiger partial charge in [-0.15, -0.1) is 0 Å². The molecule has 0 aliphatic heterocycles. The molecule has 0 aliphatic rings. The van der Waals surface area contributed by atoms with Crippen LogP contribution in [0, 0.1) is 0 Å². The molecular formula is C10H14Cl4N2+2. The molecule has 0 atom stereocenters. The highest BCUT2D eigenvalue weighted by Gasteiger charge is 2.39. The van der Waals surface area contributed by atoms with Gasteiger partial charge >= 0.3 is 0 Å². The Labute approximate surface area is 116 Å². The predicted molar refractivity (Wildman–Crippen MR) is 74.5 cm³/mol. The maximum atomic E-state index is 6.19. The van der Waals surface area contributed by atoms with Gasteiger partial charge in [0.1, 0.15) is 13.1 Å². The zero-order valence-corrected chi connectivity index (χ0v) is 12.2. The SMILES string of the molecule is CC[N+](Cl)(Cl)c1ccccc1[N+](Cl)(Cl)CC. The molecule has 0 fully saturated rings. The van der Waals surface area contributed by atoms with Gasteiger partial charge < -0.3 is 0 Å². The largest absolute Gasteiger partial charge is 0.233 e. The van der Waals surface area contributed by atoms with Crippen LogP contribution in [-0.4, -0.2) is 13.1 Å². The van der Waals surface area contributed by atoms with E-state index in [9.17, 15) is 0 Å². The highest BCUT2D eigenvalue weighted by molar-refractivity contribution is 6.47. The van der Waals surface area contributed by atoms with Crippen LogP contribution >= 0.6 is 47.1 Å². The third-order valence-electron chi connectivity index (χ3n) is 2.38. The van der Waals surface area contributed by atoms with E-state index in [0.717, 1.165) is 0 Å². The molecule has 0 aromatic heterocycles. The molecule has 90 valence electrons. The van der Waals surface area contributed by atoms with Gasteiger partial charge in [0.25, 0.3) is 0 Å². The molecule has 0 aliphatic carbocycles. The number of benzene rings is 1. The quantitative estimate of drug-likeness (QED) is 0.690. The molecule has 6 heteroatoms. The van der Waals surface area contributed by atoms with E-state index in [1.54, 1.807) is 0 Å². The second-order valence-electron chi connectivity index (χ2n) is 3.38. The molecular weight excluding hydrogens is 290 g/mol. The summed E-state index contributed by atoms with van der Waals surface area (Å²) in [6.45, 7) is 4.83. The molecule has 2 nitrogen and oxygen atoms in total. The van der Waals surface area contributed by atoms with Crippen molar-refractivity contribution in [2.24, 2.45) is 0 Å². The monoisotopic (exact) mass is 302 g/mol. The van der Waals surface area contributed by atoms with E-state index < -0.39 is 0 Å². The second kappa shape index (κ2) is 5.30. The molecule has 0 unspecified atom stereocenters. The summed E-state index contributed by atoms with van der Waals surface area (Å²) in [6, 6.07) is 7.36. The Hall–Kier alpha value is 0.300. The maximum absolute atomic E-state index is 6.19. The summed E-state index contributed by atoms with van der Waals surface area (Å²) in [4.78, 5) is 0. The summed E-state index contributed by atoms with van der Waals surface area (Å²) in [7, 11) is 0. The molecule has 16 heavy (non-hydrogen) atoms. The van der Waals surface area contributed by atoms with Gasteiger partial charge in [0.15, 0.2) is 47.1 Å². The number of quaternary nitrogens is 2. The lowest BCUT2D eigenvalue weighted by Gasteiger charge is -2.23. The van der Waals surface area contributed by atoms with Crippen molar-refractivity contribution in [2.75, 3.05) is 13.1 Å². The topological polar surface area (TPSA) is 0 Å². The Morgan fingerprint density at radius 1 is 0.812 bits per heavy atom. The minimum absolute atomic E-state index is 0.282. The van der Waals surface area contributed by atoms with Crippen molar-refractivity contribution in [2.45, 2.75) is 13.8 Å². The zero-order valence-electron chi connectivity index (χ0n) is 9.13. The van der Waals surface area contributed by atoms with E-state index in [-0.39, 0.29) is 7.04 Å². The first-order valence-corrected chi connectivity index (χ1v) is 6.35. The minimum Gasteiger partial charge on any atom is -0.0861 e. The molecule has 0 bridgehead atoms. The molecule has 0 N–H and O–H groups in total. The van der Waals surface area contributed by atoms with Gasteiger partial charge in [-0.1, -0.05) is 19.2 Å². The van der Waals surface area contributed by atoms with E-state index in [1.165, 1.54) is 0 Å². The van der Waals surface area contributed by atoms with Crippen molar-refractivity contribution in [3.63, 3.8) is 0 Å². The van der Waals surface area contributed by atoms with Gasteiger partial charge in [-0.05, 0) is 13.8 Å². The van der Waals surface area contributed by atoms with Gasteiger partial charge in [-0.25, -0.2) is 0 Å². The zero-order chi connectivity index (χ0) is 12.4. The van der Waals surface area contributed by atoms with Crippen LogP contribution < -0.4 is 7.04 Å².